The van der Waals surface area contributed by atoms with Crippen molar-refractivity contribution in [3.05, 3.63) is 32.2 Å². The molecule has 0 spiro atoms. The molecule has 1 saturated heterocycles. The molecule has 0 unspecified atom stereocenters. The summed E-state index contributed by atoms with van der Waals surface area (Å²) in [4.78, 5) is 35.4. The molecule has 104 valence electrons. The molecule has 1 fully saturated rings. The SMILES string of the molecule is NC(=O)CN1C(=O)S/C(=C\c2ccc(O)c(I)c2)C1=O. The van der Waals surface area contributed by atoms with E-state index in [2.05, 4.69) is 0 Å². The van der Waals surface area contributed by atoms with Gasteiger partial charge in [0.05, 0.1) is 8.48 Å². The predicted octanol–water partition coefficient (Wildman–Crippen LogP) is 1.52. The molecular weight excluding hydrogens is 395 g/mol. The Morgan fingerprint density at radius 2 is 2.15 bits per heavy atom. The molecule has 0 radical (unpaired) electrons. The third kappa shape index (κ3) is 3.12. The van der Waals surface area contributed by atoms with E-state index in [4.69, 9.17) is 5.73 Å². The number of nitrogens with two attached hydrogens (primary N) is 1. The number of halogens is 1. The van der Waals surface area contributed by atoms with Gasteiger partial charge in [0.1, 0.15) is 12.3 Å². The van der Waals surface area contributed by atoms with Crippen LogP contribution in [0.15, 0.2) is 23.1 Å². The van der Waals surface area contributed by atoms with E-state index in [-0.39, 0.29) is 10.7 Å². The predicted molar refractivity (Wildman–Crippen MR) is 82.7 cm³/mol. The van der Waals surface area contributed by atoms with Crippen LogP contribution in [0.5, 0.6) is 5.75 Å². The van der Waals surface area contributed by atoms with Gasteiger partial charge in [0, 0.05) is 0 Å². The summed E-state index contributed by atoms with van der Waals surface area (Å²) in [5, 5.41) is 8.91. The summed E-state index contributed by atoms with van der Waals surface area (Å²) >= 11 is 2.71. The zero-order valence-electron chi connectivity index (χ0n) is 10.00. The molecule has 1 aromatic rings. The lowest BCUT2D eigenvalue weighted by molar-refractivity contribution is -0.127. The summed E-state index contributed by atoms with van der Waals surface area (Å²) in [5.74, 6) is -1.14. The average molecular weight is 404 g/mol. The van der Waals surface area contributed by atoms with Gasteiger partial charge in [0.2, 0.25) is 5.91 Å². The Morgan fingerprint density at radius 3 is 2.75 bits per heavy atom. The monoisotopic (exact) mass is 404 g/mol. The number of benzene rings is 1. The maximum absolute atomic E-state index is 12.0. The Bertz CT molecular complexity index is 644. The number of amides is 3. The van der Waals surface area contributed by atoms with Gasteiger partial charge in [0.15, 0.2) is 0 Å². The molecule has 20 heavy (non-hydrogen) atoms. The van der Waals surface area contributed by atoms with Gasteiger partial charge in [-0.2, -0.15) is 0 Å². The zero-order valence-corrected chi connectivity index (χ0v) is 13.0. The third-order valence-electron chi connectivity index (χ3n) is 2.46. The molecule has 8 heteroatoms. The van der Waals surface area contributed by atoms with Crippen molar-refractivity contribution in [3.63, 3.8) is 0 Å². The summed E-state index contributed by atoms with van der Waals surface area (Å²) < 4.78 is 0.632. The number of hydrogen-bond donors (Lipinski definition) is 2. The minimum Gasteiger partial charge on any atom is -0.507 e. The van der Waals surface area contributed by atoms with E-state index < -0.39 is 23.6 Å². The highest BCUT2D eigenvalue weighted by atomic mass is 127. The summed E-state index contributed by atoms with van der Waals surface area (Å²) in [6.07, 6.45) is 1.54. The quantitative estimate of drug-likeness (QED) is 0.588. The van der Waals surface area contributed by atoms with Gasteiger partial charge < -0.3 is 10.8 Å². The van der Waals surface area contributed by atoms with Gasteiger partial charge in [-0.05, 0) is 58.1 Å². The third-order valence-corrected chi connectivity index (χ3v) is 4.23. The normalized spacial score (nSPS) is 17.1. The zero-order chi connectivity index (χ0) is 14.9. The van der Waals surface area contributed by atoms with E-state index in [1.54, 1.807) is 12.1 Å². The molecule has 0 bridgehead atoms. The molecule has 3 amide bonds. The van der Waals surface area contributed by atoms with Crippen molar-refractivity contribution >= 4 is 57.5 Å². The van der Waals surface area contributed by atoms with Gasteiger partial charge in [-0.25, -0.2) is 0 Å². The molecule has 0 saturated carbocycles. The van der Waals surface area contributed by atoms with Gasteiger partial charge >= 0.3 is 0 Å². The van der Waals surface area contributed by atoms with Crippen molar-refractivity contribution < 1.29 is 19.5 Å². The summed E-state index contributed by atoms with van der Waals surface area (Å²) in [7, 11) is 0. The molecule has 0 aliphatic carbocycles. The molecule has 0 aromatic heterocycles. The number of hydrogen-bond acceptors (Lipinski definition) is 5. The molecule has 6 nitrogen and oxygen atoms in total. The molecule has 1 aliphatic heterocycles. The van der Waals surface area contributed by atoms with Crippen LogP contribution in [0.4, 0.5) is 4.79 Å². The second kappa shape index (κ2) is 5.83. The van der Waals surface area contributed by atoms with Crippen LogP contribution in [-0.4, -0.2) is 33.6 Å². The molecule has 1 heterocycles. The van der Waals surface area contributed by atoms with Crippen LogP contribution in [-0.2, 0) is 9.59 Å². The van der Waals surface area contributed by atoms with Gasteiger partial charge in [-0.15, -0.1) is 0 Å². The first-order chi connectivity index (χ1) is 9.38. The minimum absolute atomic E-state index is 0.143. The average Bonchev–Trinajstić information content (AvgIpc) is 2.61. The molecule has 1 aromatic carbocycles. The molecule has 3 N–H and O–H groups in total. The fraction of sp³-hybridized carbons (Fsp3) is 0.0833. The number of aromatic hydroxyl groups is 1. The lowest BCUT2D eigenvalue weighted by atomic mass is 10.2. The maximum Gasteiger partial charge on any atom is 0.294 e. The Morgan fingerprint density at radius 1 is 1.45 bits per heavy atom. The fourth-order valence-electron chi connectivity index (χ4n) is 1.56. The Labute approximate surface area is 132 Å². The second-order valence-electron chi connectivity index (χ2n) is 3.95. The van der Waals surface area contributed by atoms with Crippen LogP contribution in [0.25, 0.3) is 6.08 Å². The number of thioether (sulfide) groups is 1. The minimum atomic E-state index is -0.743. The summed E-state index contributed by atoms with van der Waals surface area (Å²) in [6.45, 7) is -0.422. The van der Waals surface area contributed by atoms with Crippen molar-refractivity contribution in [1.82, 2.24) is 4.90 Å². The number of phenolic OH excluding ortho intramolecular Hbond substituents is 1. The van der Waals surface area contributed by atoms with Crippen LogP contribution in [0, 0.1) is 3.57 Å². The first-order valence-electron chi connectivity index (χ1n) is 5.40. The molecular formula is C12H9IN2O4S. The summed E-state index contributed by atoms with van der Waals surface area (Å²) in [5.41, 5.74) is 5.67. The van der Waals surface area contributed by atoms with Crippen LogP contribution in [0.3, 0.4) is 0 Å². The molecule has 1 aliphatic rings. The van der Waals surface area contributed by atoms with Crippen molar-refractivity contribution in [2.75, 3.05) is 6.54 Å². The van der Waals surface area contributed by atoms with Gasteiger partial charge in [-0.3, -0.25) is 19.3 Å². The van der Waals surface area contributed by atoms with E-state index in [1.165, 1.54) is 12.1 Å². The first-order valence-corrected chi connectivity index (χ1v) is 7.30. The highest BCUT2D eigenvalue weighted by Crippen LogP contribution is 2.32. The number of carbonyl (C=O) groups is 3. The van der Waals surface area contributed by atoms with Crippen molar-refractivity contribution in [1.29, 1.82) is 0 Å². The smallest absolute Gasteiger partial charge is 0.294 e. The van der Waals surface area contributed by atoms with Crippen LogP contribution < -0.4 is 5.73 Å². The second-order valence-corrected chi connectivity index (χ2v) is 6.10. The number of carbonyl (C=O) groups excluding carboxylic acids is 3. The Balaban J connectivity index is 2.27. The van der Waals surface area contributed by atoms with E-state index in [0.29, 0.717) is 9.13 Å². The lowest BCUT2D eigenvalue weighted by Gasteiger charge is -2.08. The van der Waals surface area contributed by atoms with E-state index >= 15 is 0 Å². The number of nitrogens with zero attached hydrogens (tertiary/aromatic N) is 1. The first kappa shape index (κ1) is 14.9. The van der Waals surface area contributed by atoms with E-state index in [0.717, 1.165) is 16.7 Å². The molecule has 2 rings (SSSR count). The lowest BCUT2D eigenvalue weighted by Crippen LogP contribution is -2.36. The van der Waals surface area contributed by atoms with Crippen LogP contribution in [0.2, 0.25) is 0 Å². The highest BCUT2D eigenvalue weighted by Gasteiger charge is 2.35. The van der Waals surface area contributed by atoms with Crippen LogP contribution >= 0.6 is 34.4 Å². The fourth-order valence-corrected chi connectivity index (χ4v) is 2.93. The largest absolute Gasteiger partial charge is 0.507 e. The van der Waals surface area contributed by atoms with Crippen molar-refractivity contribution in [2.24, 2.45) is 5.73 Å². The Kier molecular flexibility index (Phi) is 4.33. The standard InChI is InChI=1S/C12H9IN2O4S/c13-7-3-6(1-2-8(7)16)4-9-11(18)15(5-10(14)17)12(19)20-9/h1-4,16H,5H2,(H2,14,17)/b9-4-. The van der Waals surface area contributed by atoms with Crippen molar-refractivity contribution in [3.8, 4) is 5.75 Å². The van der Waals surface area contributed by atoms with Crippen LogP contribution in [0.1, 0.15) is 5.56 Å². The van der Waals surface area contributed by atoms with Gasteiger partial charge in [0.25, 0.3) is 11.1 Å². The Hall–Kier alpha value is -1.55. The van der Waals surface area contributed by atoms with E-state index in [9.17, 15) is 19.5 Å². The number of imide groups is 1. The number of phenols is 1. The highest BCUT2D eigenvalue weighted by molar-refractivity contribution is 14.1. The van der Waals surface area contributed by atoms with Gasteiger partial charge in [-0.1, -0.05) is 6.07 Å². The van der Waals surface area contributed by atoms with Crippen molar-refractivity contribution in [2.45, 2.75) is 0 Å². The topological polar surface area (TPSA) is 101 Å². The van der Waals surface area contributed by atoms with E-state index in [1.807, 2.05) is 22.6 Å². The number of primary amides is 1. The maximum atomic E-state index is 12.0. The summed E-state index contributed by atoms with van der Waals surface area (Å²) in [6, 6.07) is 4.80. The number of rotatable bonds is 3. The molecule has 0 atom stereocenters.